The summed E-state index contributed by atoms with van der Waals surface area (Å²) in [4.78, 5) is 14.8. The fourth-order valence-corrected chi connectivity index (χ4v) is 2.20. The number of carbonyl (C=O) groups excluding carboxylic acids is 1. The van der Waals surface area contributed by atoms with Crippen LogP contribution in [0.15, 0.2) is 10.6 Å². The maximum absolute atomic E-state index is 11.7. The van der Waals surface area contributed by atoms with Crippen molar-refractivity contribution in [1.29, 1.82) is 0 Å². The lowest BCUT2D eigenvalue weighted by Gasteiger charge is -2.26. The topological polar surface area (TPSA) is 64.0 Å². The SMILES string of the molecule is Cc1cc(NC(=O)CC[NH+]2CC[NH+](C)CC2)no1. The van der Waals surface area contributed by atoms with Crippen LogP contribution in [-0.2, 0) is 4.79 Å². The van der Waals surface area contributed by atoms with E-state index in [9.17, 15) is 4.79 Å². The molecule has 0 spiro atoms. The lowest BCUT2D eigenvalue weighted by molar-refractivity contribution is -1.00. The first-order valence-corrected chi connectivity index (χ1v) is 6.51. The van der Waals surface area contributed by atoms with Gasteiger partial charge in [-0.15, -0.1) is 0 Å². The quantitative estimate of drug-likeness (QED) is 0.567. The highest BCUT2D eigenvalue weighted by atomic mass is 16.5. The van der Waals surface area contributed by atoms with Crippen LogP contribution in [0, 0.1) is 6.92 Å². The summed E-state index contributed by atoms with van der Waals surface area (Å²) in [5, 5.41) is 6.49. The predicted octanol–water partition coefficient (Wildman–Crippen LogP) is -2.28. The van der Waals surface area contributed by atoms with Crippen LogP contribution in [-0.4, -0.2) is 50.8 Å². The van der Waals surface area contributed by atoms with Crippen molar-refractivity contribution in [2.24, 2.45) is 0 Å². The first-order chi connectivity index (χ1) is 8.63. The standard InChI is InChI=1S/C12H20N4O2/c1-10-9-11(14-18-10)13-12(17)3-4-16-7-5-15(2)6-8-16/h9H,3-8H2,1-2H3,(H,13,14,17)/p+2. The van der Waals surface area contributed by atoms with Gasteiger partial charge in [-0.3, -0.25) is 4.79 Å². The number of aromatic nitrogens is 1. The van der Waals surface area contributed by atoms with Gasteiger partial charge in [0.1, 0.15) is 31.9 Å². The van der Waals surface area contributed by atoms with E-state index < -0.39 is 0 Å². The van der Waals surface area contributed by atoms with E-state index in [0.717, 1.165) is 19.6 Å². The van der Waals surface area contributed by atoms with Gasteiger partial charge < -0.3 is 19.6 Å². The van der Waals surface area contributed by atoms with Crippen molar-refractivity contribution in [3.63, 3.8) is 0 Å². The molecule has 1 saturated heterocycles. The maximum atomic E-state index is 11.7. The molecule has 3 N–H and O–H groups in total. The highest BCUT2D eigenvalue weighted by Gasteiger charge is 2.20. The third-order valence-electron chi connectivity index (χ3n) is 3.41. The van der Waals surface area contributed by atoms with Gasteiger partial charge in [0, 0.05) is 6.07 Å². The molecule has 6 heteroatoms. The van der Waals surface area contributed by atoms with Crippen LogP contribution in [0.3, 0.4) is 0 Å². The van der Waals surface area contributed by atoms with Gasteiger partial charge in [-0.1, -0.05) is 5.16 Å². The van der Waals surface area contributed by atoms with Crippen molar-refractivity contribution in [1.82, 2.24) is 5.16 Å². The monoisotopic (exact) mass is 254 g/mol. The number of nitrogens with zero attached hydrogens (tertiary/aromatic N) is 1. The largest absolute Gasteiger partial charge is 0.360 e. The van der Waals surface area contributed by atoms with Crippen LogP contribution in [0.4, 0.5) is 5.82 Å². The van der Waals surface area contributed by atoms with E-state index in [0.29, 0.717) is 18.0 Å². The molecule has 0 saturated carbocycles. The minimum absolute atomic E-state index is 0.0158. The zero-order valence-electron chi connectivity index (χ0n) is 11.1. The molecule has 18 heavy (non-hydrogen) atoms. The molecule has 1 amide bonds. The van der Waals surface area contributed by atoms with Gasteiger partial charge in [0.15, 0.2) is 5.82 Å². The molecule has 1 aliphatic heterocycles. The van der Waals surface area contributed by atoms with Crippen LogP contribution in [0.5, 0.6) is 0 Å². The van der Waals surface area contributed by atoms with Gasteiger partial charge in [-0.05, 0) is 6.92 Å². The fourth-order valence-electron chi connectivity index (χ4n) is 2.20. The second-order valence-corrected chi connectivity index (χ2v) is 5.08. The molecule has 0 aliphatic carbocycles. The number of likely N-dealkylation sites (N-methyl/N-ethyl adjacent to an activating group) is 1. The average Bonchev–Trinajstić information content (AvgIpc) is 2.74. The summed E-state index contributed by atoms with van der Waals surface area (Å²) in [5.74, 6) is 1.23. The lowest BCUT2D eigenvalue weighted by atomic mass is 10.3. The summed E-state index contributed by atoms with van der Waals surface area (Å²) in [5.41, 5.74) is 0. The minimum Gasteiger partial charge on any atom is -0.360 e. The number of nitrogens with one attached hydrogen (secondary N) is 3. The van der Waals surface area contributed by atoms with Crippen molar-refractivity contribution in [3.05, 3.63) is 11.8 Å². The lowest BCUT2D eigenvalue weighted by Crippen LogP contribution is -3.27. The Labute approximate surface area is 107 Å². The minimum atomic E-state index is 0.0158. The number of aryl methyl sites for hydroxylation is 1. The van der Waals surface area contributed by atoms with E-state index in [4.69, 9.17) is 4.52 Å². The van der Waals surface area contributed by atoms with E-state index >= 15 is 0 Å². The summed E-state index contributed by atoms with van der Waals surface area (Å²) in [7, 11) is 2.22. The molecule has 1 fully saturated rings. The molecule has 0 bridgehead atoms. The normalized spacial score (nSPS) is 23.9. The number of hydrogen-bond donors (Lipinski definition) is 3. The second-order valence-electron chi connectivity index (χ2n) is 5.08. The van der Waals surface area contributed by atoms with Gasteiger partial charge in [0.05, 0.1) is 20.0 Å². The summed E-state index contributed by atoms with van der Waals surface area (Å²) in [6.45, 7) is 7.40. The Bertz CT molecular complexity index is 397. The van der Waals surface area contributed by atoms with Crippen LogP contribution in [0.2, 0.25) is 0 Å². The summed E-state index contributed by atoms with van der Waals surface area (Å²) in [6, 6.07) is 1.73. The van der Waals surface area contributed by atoms with Crippen LogP contribution >= 0.6 is 0 Å². The molecule has 1 aromatic heterocycles. The van der Waals surface area contributed by atoms with Crippen molar-refractivity contribution < 1.29 is 19.1 Å². The fraction of sp³-hybridized carbons (Fsp3) is 0.667. The van der Waals surface area contributed by atoms with Crippen molar-refractivity contribution in [2.45, 2.75) is 13.3 Å². The Balaban J connectivity index is 1.68. The highest BCUT2D eigenvalue weighted by Crippen LogP contribution is 2.06. The number of piperazine rings is 1. The highest BCUT2D eigenvalue weighted by molar-refractivity contribution is 5.89. The molecule has 0 unspecified atom stereocenters. The Morgan fingerprint density at radius 1 is 1.44 bits per heavy atom. The summed E-state index contributed by atoms with van der Waals surface area (Å²) in [6.07, 6.45) is 0.542. The number of anilines is 1. The van der Waals surface area contributed by atoms with Crippen LogP contribution < -0.4 is 15.1 Å². The van der Waals surface area contributed by atoms with Gasteiger partial charge >= 0.3 is 0 Å². The number of amides is 1. The number of quaternary nitrogens is 2. The Morgan fingerprint density at radius 3 is 2.78 bits per heavy atom. The number of hydrogen-bond acceptors (Lipinski definition) is 3. The Morgan fingerprint density at radius 2 is 2.17 bits per heavy atom. The summed E-state index contributed by atoms with van der Waals surface area (Å²) < 4.78 is 4.90. The van der Waals surface area contributed by atoms with E-state index in [1.165, 1.54) is 18.0 Å². The number of rotatable bonds is 4. The molecule has 2 heterocycles. The predicted molar refractivity (Wildman–Crippen MR) is 66.7 cm³/mol. The van der Waals surface area contributed by atoms with Crippen molar-refractivity contribution in [2.75, 3.05) is 45.1 Å². The van der Waals surface area contributed by atoms with Crippen molar-refractivity contribution in [3.8, 4) is 0 Å². The van der Waals surface area contributed by atoms with E-state index in [2.05, 4.69) is 17.5 Å². The van der Waals surface area contributed by atoms with Gasteiger partial charge in [0.25, 0.3) is 0 Å². The van der Waals surface area contributed by atoms with Gasteiger partial charge in [-0.2, -0.15) is 0 Å². The number of carbonyl (C=O) groups is 1. The molecule has 2 rings (SSSR count). The molecule has 100 valence electrons. The van der Waals surface area contributed by atoms with E-state index in [1.54, 1.807) is 17.9 Å². The third-order valence-corrected chi connectivity index (χ3v) is 3.41. The van der Waals surface area contributed by atoms with Crippen molar-refractivity contribution >= 4 is 11.7 Å². The van der Waals surface area contributed by atoms with E-state index in [-0.39, 0.29) is 5.91 Å². The smallest absolute Gasteiger partial charge is 0.231 e. The molecular weight excluding hydrogens is 232 g/mol. The molecule has 6 nitrogen and oxygen atoms in total. The summed E-state index contributed by atoms with van der Waals surface area (Å²) >= 11 is 0. The Kier molecular flexibility index (Phi) is 4.33. The van der Waals surface area contributed by atoms with Gasteiger partial charge in [0.2, 0.25) is 5.91 Å². The molecule has 1 aromatic rings. The molecule has 0 atom stereocenters. The average molecular weight is 254 g/mol. The molecule has 1 aliphatic rings. The zero-order chi connectivity index (χ0) is 13.0. The first-order valence-electron chi connectivity index (χ1n) is 6.51. The van der Waals surface area contributed by atoms with Gasteiger partial charge in [-0.25, -0.2) is 0 Å². The molecule has 0 aromatic carbocycles. The first kappa shape index (κ1) is 13.0. The molecule has 0 radical (unpaired) electrons. The Hall–Kier alpha value is -1.40. The molecular formula is C12H22N4O2+2. The zero-order valence-corrected chi connectivity index (χ0v) is 11.1. The maximum Gasteiger partial charge on any atom is 0.231 e. The van der Waals surface area contributed by atoms with E-state index in [1.807, 2.05) is 0 Å². The third kappa shape index (κ3) is 3.82. The van der Waals surface area contributed by atoms with Crippen LogP contribution in [0.1, 0.15) is 12.2 Å². The second kappa shape index (κ2) is 5.97. The van der Waals surface area contributed by atoms with Crippen LogP contribution in [0.25, 0.3) is 0 Å².